The molecule has 0 atom stereocenters. The van der Waals surface area contributed by atoms with Gasteiger partial charge in [0, 0.05) is 33.0 Å². The van der Waals surface area contributed by atoms with Crippen LogP contribution in [0.4, 0.5) is 0 Å². The third-order valence-electron chi connectivity index (χ3n) is 5.80. The van der Waals surface area contributed by atoms with Crippen molar-refractivity contribution in [3.05, 3.63) is 29.8 Å². The van der Waals surface area contributed by atoms with E-state index in [1.54, 1.807) is 17.1 Å². The first-order valence-electron chi connectivity index (χ1n) is 10.5. The molecule has 0 bridgehead atoms. The third kappa shape index (κ3) is 4.89. The highest BCUT2D eigenvalue weighted by Crippen LogP contribution is 2.50. The van der Waals surface area contributed by atoms with Crippen molar-refractivity contribution in [3.8, 4) is 5.75 Å². The smallest absolute Gasteiger partial charge is 0.251 e. The van der Waals surface area contributed by atoms with Crippen LogP contribution in [-0.4, -0.2) is 54.5 Å². The number of hydrazine groups is 1. The first-order chi connectivity index (χ1) is 14.0. The molecule has 0 spiro atoms. The lowest BCUT2D eigenvalue weighted by Crippen LogP contribution is -2.48. The zero-order chi connectivity index (χ0) is 20.9. The number of amides is 3. The number of unbranched alkanes of at least 4 members (excludes halogenated alkanes) is 2. The largest absolute Gasteiger partial charge is 0.497 e. The van der Waals surface area contributed by atoms with Crippen molar-refractivity contribution in [1.29, 1.82) is 0 Å². The van der Waals surface area contributed by atoms with Crippen LogP contribution in [0.25, 0.3) is 0 Å². The van der Waals surface area contributed by atoms with Crippen molar-refractivity contribution in [1.82, 2.24) is 15.3 Å². The minimum Gasteiger partial charge on any atom is -0.497 e. The second kappa shape index (κ2) is 9.29. The van der Waals surface area contributed by atoms with Crippen LogP contribution in [0.3, 0.4) is 0 Å². The number of rotatable bonds is 9. The van der Waals surface area contributed by atoms with Crippen LogP contribution >= 0.6 is 0 Å². The maximum absolute atomic E-state index is 13.3. The zero-order valence-corrected chi connectivity index (χ0v) is 17.4. The molecule has 0 aromatic heterocycles. The molecule has 2 aliphatic rings. The van der Waals surface area contributed by atoms with Gasteiger partial charge in [-0.15, -0.1) is 0 Å². The summed E-state index contributed by atoms with van der Waals surface area (Å²) in [6.07, 6.45) is 5.39. The summed E-state index contributed by atoms with van der Waals surface area (Å²) < 4.78 is 5.22. The van der Waals surface area contributed by atoms with E-state index in [0.717, 1.165) is 49.8 Å². The Labute approximate surface area is 172 Å². The topological polar surface area (TPSA) is 79.0 Å². The summed E-state index contributed by atoms with van der Waals surface area (Å²) in [5.41, 5.74) is 0.508. The molecule has 29 heavy (non-hydrogen) atoms. The SMILES string of the molecule is COc1ccc(C2(C(=O)N3CCCN3C(=O)CCCCCNC(C)=O)CC2)cc1. The van der Waals surface area contributed by atoms with E-state index in [1.165, 1.54) is 6.92 Å². The Morgan fingerprint density at radius 3 is 2.34 bits per heavy atom. The summed E-state index contributed by atoms with van der Waals surface area (Å²) in [5, 5.41) is 6.09. The number of ether oxygens (including phenoxy) is 1. The van der Waals surface area contributed by atoms with E-state index in [1.807, 2.05) is 24.3 Å². The van der Waals surface area contributed by atoms with Gasteiger partial charge in [0.05, 0.1) is 12.5 Å². The Morgan fingerprint density at radius 2 is 1.72 bits per heavy atom. The lowest BCUT2D eigenvalue weighted by molar-refractivity contribution is -0.159. The highest BCUT2D eigenvalue weighted by Gasteiger charge is 2.54. The van der Waals surface area contributed by atoms with Crippen LogP contribution in [0.1, 0.15) is 57.4 Å². The van der Waals surface area contributed by atoms with Gasteiger partial charge in [0.2, 0.25) is 11.8 Å². The zero-order valence-electron chi connectivity index (χ0n) is 17.4. The standard InChI is InChI=1S/C22H31N3O4/c1-17(26)23-14-5-3-4-7-20(27)24-15-6-16-25(24)21(28)22(12-13-22)18-8-10-19(29-2)11-9-18/h8-11H,3-7,12-16H2,1-2H3,(H,23,26). The van der Waals surface area contributed by atoms with Crippen LogP contribution < -0.4 is 10.1 Å². The third-order valence-corrected chi connectivity index (χ3v) is 5.80. The normalized spacial score (nSPS) is 17.2. The molecular formula is C22H31N3O4. The summed E-state index contributed by atoms with van der Waals surface area (Å²) in [4.78, 5) is 36.9. The van der Waals surface area contributed by atoms with Gasteiger partial charge in [-0.25, -0.2) is 0 Å². The van der Waals surface area contributed by atoms with Gasteiger partial charge in [0.25, 0.3) is 5.91 Å². The highest BCUT2D eigenvalue weighted by molar-refractivity contribution is 5.93. The molecule has 3 amide bonds. The Kier molecular flexibility index (Phi) is 6.77. The van der Waals surface area contributed by atoms with E-state index in [9.17, 15) is 14.4 Å². The molecular weight excluding hydrogens is 370 g/mol. The number of methoxy groups -OCH3 is 1. The van der Waals surface area contributed by atoms with E-state index in [2.05, 4.69) is 5.32 Å². The molecule has 2 fully saturated rings. The Bertz CT molecular complexity index is 743. The minimum absolute atomic E-state index is 0.0147. The molecule has 0 unspecified atom stereocenters. The second-order valence-electron chi connectivity index (χ2n) is 7.90. The molecule has 1 aliphatic carbocycles. The van der Waals surface area contributed by atoms with Crippen molar-refractivity contribution >= 4 is 17.7 Å². The Balaban J connectivity index is 1.54. The van der Waals surface area contributed by atoms with Gasteiger partial charge >= 0.3 is 0 Å². The molecule has 1 aromatic carbocycles. The number of hydrogen-bond acceptors (Lipinski definition) is 4. The summed E-state index contributed by atoms with van der Waals surface area (Å²) in [6, 6.07) is 7.69. The van der Waals surface area contributed by atoms with Crippen molar-refractivity contribution in [2.75, 3.05) is 26.7 Å². The van der Waals surface area contributed by atoms with Crippen LogP contribution in [0.2, 0.25) is 0 Å². The van der Waals surface area contributed by atoms with Crippen molar-refractivity contribution in [2.24, 2.45) is 0 Å². The molecule has 158 valence electrons. The average Bonchev–Trinajstić information content (AvgIpc) is 3.39. The number of benzene rings is 1. The monoisotopic (exact) mass is 401 g/mol. The molecule has 1 N–H and O–H groups in total. The van der Waals surface area contributed by atoms with E-state index in [0.29, 0.717) is 26.1 Å². The Hall–Kier alpha value is -2.57. The van der Waals surface area contributed by atoms with Gasteiger partial charge in [0.15, 0.2) is 0 Å². The lowest BCUT2D eigenvalue weighted by atomic mass is 9.94. The molecule has 1 saturated heterocycles. The lowest BCUT2D eigenvalue weighted by Gasteiger charge is -2.31. The maximum atomic E-state index is 13.3. The number of carbonyl (C=O) groups is 3. The summed E-state index contributed by atoms with van der Waals surface area (Å²) in [5.74, 6) is 0.798. The van der Waals surface area contributed by atoms with Gasteiger partial charge in [0.1, 0.15) is 5.75 Å². The second-order valence-corrected chi connectivity index (χ2v) is 7.90. The van der Waals surface area contributed by atoms with Crippen LogP contribution in [0.5, 0.6) is 5.75 Å². The van der Waals surface area contributed by atoms with Gasteiger partial charge in [-0.05, 0) is 49.8 Å². The van der Waals surface area contributed by atoms with Crippen molar-refractivity contribution in [2.45, 2.75) is 57.3 Å². The van der Waals surface area contributed by atoms with E-state index < -0.39 is 5.41 Å². The number of carbonyl (C=O) groups excluding carboxylic acids is 3. The molecule has 1 aliphatic heterocycles. The minimum atomic E-state index is -0.493. The van der Waals surface area contributed by atoms with Gasteiger partial charge in [-0.2, -0.15) is 0 Å². The first-order valence-corrected chi connectivity index (χ1v) is 10.5. The molecule has 7 nitrogen and oxygen atoms in total. The predicted octanol–water partition coefficient (Wildman–Crippen LogP) is 2.40. The van der Waals surface area contributed by atoms with E-state index in [4.69, 9.17) is 4.74 Å². The quantitative estimate of drug-likeness (QED) is 0.645. The van der Waals surface area contributed by atoms with Crippen LogP contribution in [0, 0.1) is 0 Å². The van der Waals surface area contributed by atoms with Crippen molar-refractivity contribution < 1.29 is 19.1 Å². The summed E-state index contributed by atoms with van der Waals surface area (Å²) in [6.45, 7) is 3.35. The fraction of sp³-hybridized carbons (Fsp3) is 0.591. The molecule has 7 heteroatoms. The first kappa shape index (κ1) is 21.1. The number of hydrogen-bond donors (Lipinski definition) is 1. The summed E-state index contributed by atoms with van der Waals surface area (Å²) >= 11 is 0. The van der Waals surface area contributed by atoms with Gasteiger partial charge in [-0.1, -0.05) is 18.6 Å². The predicted molar refractivity (Wildman–Crippen MR) is 109 cm³/mol. The van der Waals surface area contributed by atoms with Gasteiger partial charge in [-0.3, -0.25) is 24.4 Å². The van der Waals surface area contributed by atoms with Crippen LogP contribution in [0.15, 0.2) is 24.3 Å². The Morgan fingerprint density at radius 1 is 1.03 bits per heavy atom. The fourth-order valence-electron chi connectivity index (χ4n) is 3.96. The van der Waals surface area contributed by atoms with Gasteiger partial charge < -0.3 is 10.1 Å². The maximum Gasteiger partial charge on any atom is 0.251 e. The number of nitrogens with one attached hydrogen (secondary N) is 1. The number of nitrogens with zero attached hydrogens (tertiary/aromatic N) is 2. The molecule has 3 rings (SSSR count). The van der Waals surface area contributed by atoms with Crippen LogP contribution in [-0.2, 0) is 19.8 Å². The molecule has 1 saturated carbocycles. The molecule has 0 radical (unpaired) electrons. The van der Waals surface area contributed by atoms with Crippen molar-refractivity contribution in [3.63, 3.8) is 0 Å². The van der Waals surface area contributed by atoms with E-state index >= 15 is 0 Å². The summed E-state index contributed by atoms with van der Waals surface area (Å²) in [7, 11) is 1.63. The van der Waals surface area contributed by atoms with E-state index in [-0.39, 0.29) is 17.7 Å². The average molecular weight is 402 g/mol. The molecule has 1 heterocycles. The highest BCUT2D eigenvalue weighted by atomic mass is 16.5. The fourth-order valence-corrected chi connectivity index (χ4v) is 3.96. The molecule has 1 aromatic rings.